The van der Waals surface area contributed by atoms with Gasteiger partial charge in [-0.25, -0.2) is 4.98 Å². The molecular weight excluding hydrogens is 276 g/mol. The Hall–Kier alpha value is -1.92. The number of carbonyl (C=O) groups excluding carboxylic acids is 1. The van der Waals surface area contributed by atoms with E-state index in [1.54, 1.807) is 18.3 Å². The molecule has 0 radical (unpaired) electrons. The van der Waals surface area contributed by atoms with Crippen LogP contribution in [-0.4, -0.2) is 22.1 Å². The molecular formula is C14H14N2O3S. The van der Waals surface area contributed by atoms with Crippen molar-refractivity contribution in [3.05, 3.63) is 41.0 Å². The number of fused-ring (bicyclic) bond motifs is 1. The quantitative estimate of drug-likeness (QED) is 0.890. The fraction of sp³-hybridized carbons (Fsp3) is 0.286. The predicted octanol–water partition coefficient (Wildman–Crippen LogP) is 2.27. The van der Waals surface area contributed by atoms with Crippen LogP contribution in [0.4, 0.5) is 5.00 Å². The summed E-state index contributed by atoms with van der Waals surface area (Å²) < 4.78 is 5.66. The number of thiazole rings is 1. The molecule has 2 aromatic rings. The van der Waals surface area contributed by atoms with Gasteiger partial charge in [-0.3, -0.25) is 4.79 Å². The number of aliphatic hydroxyl groups is 1. The van der Waals surface area contributed by atoms with Crippen LogP contribution in [0.25, 0.3) is 0 Å². The van der Waals surface area contributed by atoms with Crippen molar-refractivity contribution in [2.24, 2.45) is 0 Å². The highest BCUT2D eigenvalue weighted by Gasteiger charge is 2.31. The largest absolute Gasteiger partial charge is 0.480 e. The molecule has 1 aromatic carbocycles. The van der Waals surface area contributed by atoms with Crippen molar-refractivity contribution < 1.29 is 14.6 Å². The second-order valence-corrected chi connectivity index (χ2v) is 5.86. The van der Waals surface area contributed by atoms with Crippen LogP contribution in [0.5, 0.6) is 5.75 Å². The summed E-state index contributed by atoms with van der Waals surface area (Å²) in [6.45, 7) is 1.87. The Bertz CT molecular complexity index is 641. The highest BCUT2D eigenvalue weighted by molar-refractivity contribution is 7.15. The van der Waals surface area contributed by atoms with Gasteiger partial charge in [-0.1, -0.05) is 18.2 Å². The summed E-state index contributed by atoms with van der Waals surface area (Å²) in [4.78, 5) is 16.2. The lowest BCUT2D eigenvalue weighted by atomic mass is 9.99. The molecule has 6 heteroatoms. The van der Waals surface area contributed by atoms with E-state index < -0.39 is 12.2 Å². The van der Waals surface area contributed by atoms with Crippen molar-refractivity contribution in [1.82, 2.24) is 4.98 Å². The van der Waals surface area contributed by atoms with Gasteiger partial charge < -0.3 is 15.2 Å². The molecule has 0 saturated carbocycles. The van der Waals surface area contributed by atoms with Gasteiger partial charge in [0.05, 0.1) is 17.3 Å². The van der Waals surface area contributed by atoms with Crippen LogP contribution in [0, 0.1) is 6.92 Å². The van der Waals surface area contributed by atoms with Crippen molar-refractivity contribution in [2.45, 2.75) is 25.6 Å². The number of hydrogen-bond acceptors (Lipinski definition) is 5. The molecule has 5 nitrogen and oxygen atoms in total. The molecule has 3 rings (SSSR count). The molecule has 104 valence electrons. The van der Waals surface area contributed by atoms with E-state index in [-0.39, 0.29) is 12.3 Å². The Morgan fingerprint density at radius 3 is 3.05 bits per heavy atom. The molecule has 0 fully saturated rings. The molecule has 0 unspecified atom stereocenters. The van der Waals surface area contributed by atoms with Crippen LogP contribution >= 0.6 is 11.3 Å². The summed E-state index contributed by atoms with van der Waals surface area (Å²) in [6.07, 6.45) is 0.493. The number of benzene rings is 1. The molecule has 2 N–H and O–H groups in total. The third-order valence-corrected chi connectivity index (χ3v) is 3.97. The van der Waals surface area contributed by atoms with Crippen molar-refractivity contribution in [1.29, 1.82) is 0 Å². The average Bonchev–Trinajstić information content (AvgIpc) is 2.84. The first-order valence-electron chi connectivity index (χ1n) is 6.30. The Kier molecular flexibility index (Phi) is 3.42. The summed E-state index contributed by atoms with van der Waals surface area (Å²) in [5.74, 6) is 0.300. The highest BCUT2D eigenvalue weighted by Crippen LogP contribution is 2.34. The van der Waals surface area contributed by atoms with Gasteiger partial charge in [0.25, 0.3) is 5.91 Å². The first kappa shape index (κ1) is 13.1. The van der Waals surface area contributed by atoms with E-state index >= 15 is 0 Å². The van der Waals surface area contributed by atoms with Gasteiger partial charge in [0.15, 0.2) is 6.10 Å². The first-order chi connectivity index (χ1) is 9.63. The Balaban J connectivity index is 1.74. The molecule has 20 heavy (non-hydrogen) atoms. The van der Waals surface area contributed by atoms with Gasteiger partial charge >= 0.3 is 0 Å². The van der Waals surface area contributed by atoms with E-state index in [0.29, 0.717) is 10.8 Å². The molecule has 0 saturated heterocycles. The van der Waals surface area contributed by atoms with E-state index in [9.17, 15) is 9.90 Å². The number of carbonyl (C=O) groups is 1. The lowest BCUT2D eigenvalue weighted by Gasteiger charge is -2.28. The normalized spacial score (nSPS) is 20.9. The molecule has 1 aliphatic rings. The number of anilines is 1. The summed E-state index contributed by atoms with van der Waals surface area (Å²) in [6, 6.07) is 7.22. The average molecular weight is 290 g/mol. The lowest BCUT2D eigenvalue weighted by Crippen LogP contribution is -2.37. The third-order valence-electron chi connectivity index (χ3n) is 3.14. The molecule has 0 aliphatic carbocycles. The molecule has 0 bridgehead atoms. The maximum Gasteiger partial charge on any atom is 0.266 e. The molecule has 1 aromatic heterocycles. The smallest absolute Gasteiger partial charge is 0.266 e. The second kappa shape index (κ2) is 5.22. The van der Waals surface area contributed by atoms with Gasteiger partial charge in [-0.05, 0) is 13.0 Å². The number of ether oxygens (including phenoxy) is 1. The van der Waals surface area contributed by atoms with Crippen molar-refractivity contribution in [3.63, 3.8) is 0 Å². The lowest BCUT2D eigenvalue weighted by molar-refractivity contribution is -0.125. The van der Waals surface area contributed by atoms with E-state index in [4.69, 9.17) is 4.74 Å². The Morgan fingerprint density at radius 1 is 1.50 bits per heavy atom. The summed E-state index contributed by atoms with van der Waals surface area (Å²) in [7, 11) is 0. The number of amides is 1. The number of aliphatic hydroxyl groups excluding tert-OH is 1. The zero-order valence-corrected chi connectivity index (χ0v) is 11.7. The number of hydrogen-bond donors (Lipinski definition) is 2. The van der Waals surface area contributed by atoms with Gasteiger partial charge in [0.2, 0.25) is 0 Å². The summed E-state index contributed by atoms with van der Waals surface area (Å²) in [5, 5.41) is 14.4. The number of aryl methyl sites for hydroxylation is 1. The van der Waals surface area contributed by atoms with Gasteiger partial charge in [-0.2, -0.15) is 0 Å². The number of rotatable bonds is 2. The second-order valence-electron chi connectivity index (χ2n) is 4.63. The fourth-order valence-electron chi connectivity index (χ4n) is 2.18. The molecule has 1 aliphatic heterocycles. The Morgan fingerprint density at radius 2 is 2.30 bits per heavy atom. The minimum atomic E-state index is -0.692. The van der Waals surface area contributed by atoms with Gasteiger partial charge in [-0.15, -0.1) is 11.3 Å². The number of nitrogens with one attached hydrogen (secondary N) is 1. The predicted molar refractivity (Wildman–Crippen MR) is 75.9 cm³/mol. The minimum absolute atomic E-state index is 0.251. The topological polar surface area (TPSA) is 71.5 Å². The van der Waals surface area contributed by atoms with Crippen LogP contribution in [0.2, 0.25) is 0 Å². The maximum atomic E-state index is 12.2. The van der Waals surface area contributed by atoms with Crippen molar-refractivity contribution in [3.8, 4) is 5.75 Å². The molecule has 2 heterocycles. The van der Waals surface area contributed by atoms with Crippen LogP contribution in [0.3, 0.4) is 0 Å². The van der Waals surface area contributed by atoms with E-state index in [1.807, 2.05) is 19.1 Å². The zero-order valence-electron chi connectivity index (χ0n) is 10.9. The maximum absolute atomic E-state index is 12.2. The number of nitrogens with zero attached hydrogens (tertiary/aromatic N) is 1. The van der Waals surface area contributed by atoms with Crippen LogP contribution in [-0.2, 0) is 4.79 Å². The molecule has 0 spiro atoms. The minimum Gasteiger partial charge on any atom is -0.480 e. The van der Waals surface area contributed by atoms with E-state index in [1.165, 1.54) is 11.3 Å². The first-order valence-corrected chi connectivity index (χ1v) is 7.12. The molecule has 1 amide bonds. The monoisotopic (exact) mass is 290 g/mol. The van der Waals surface area contributed by atoms with E-state index in [2.05, 4.69) is 10.3 Å². The standard InChI is InChI=1S/C14H14N2O3S/c1-8-15-7-13(20-8)16-14(18)12-6-10(17)9-4-2-3-5-11(9)19-12/h2-5,7,10,12,17H,6H2,1H3,(H,16,18)/t10-,12-/m0/s1. The summed E-state index contributed by atoms with van der Waals surface area (Å²) >= 11 is 1.41. The van der Waals surface area contributed by atoms with Crippen LogP contribution in [0.15, 0.2) is 30.5 Å². The Labute approximate surface area is 120 Å². The third kappa shape index (κ3) is 2.52. The van der Waals surface area contributed by atoms with Crippen molar-refractivity contribution in [2.75, 3.05) is 5.32 Å². The van der Waals surface area contributed by atoms with E-state index in [0.717, 1.165) is 10.6 Å². The SMILES string of the molecule is Cc1ncc(NC(=O)[C@@H]2C[C@H](O)c3ccccc3O2)s1. The van der Waals surface area contributed by atoms with Crippen LogP contribution in [0.1, 0.15) is 23.1 Å². The van der Waals surface area contributed by atoms with Crippen LogP contribution < -0.4 is 10.1 Å². The summed E-state index contributed by atoms with van der Waals surface area (Å²) in [5.41, 5.74) is 0.727. The zero-order chi connectivity index (χ0) is 14.1. The number of para-hydroxylation sites is 1. The van der Waals surface area contributed by atoms with Gasteiger partial charge in [0, 0.05) is 12.0 Å². The van der Waals surface area contributed by atoms with Crippen molar-refractivity contribution >= 4 is 22.2 Å². The highest BCUT2D eigenvalue weighted by atomic mass is 32.1. The fourth-order valence-corrected chi connectivity index (χ4v) is 2.86. The molecule has 2 atom stereocenters. The number of aromatic nitrogens is 1. The van der Waals surface area contributed by atoms with Gasteiger partial charge in [0.1, 0.15) is 10.8 Å².